The number of nitrogens with zero attached hydrogens (tertiary/aromatic N) is 2. The van der Waals surface area contributed by atoms with Crippen LogP contribution in [0.25, 0.3) is 0 Å². The number of likely N-dealkylation sites (N-methyl/N-ethyl adjacent to an activating group) is 1. The summed E-state index contributed by atoms with van der Waals surface area (Å²) in [5, 5.41) is 0. The van der Waals surface area contributed by atoms with Crippen LogP contribution in [0.4, 0.5) is 0 Å². The van der Waals surface area contributed by atoms with Gasteiger partial charge in [-0.3, -0.25) is 0 Å². The molecule has 1 saturated heterocycles. The molecule has 0 bridgehead atoms. The molecule has 1 unspecified atom stereocenters. The lowest BCUT2D eigenvalue weighted by molar-refractivity contribution is 0.160. The first-order chi connectivity index (χ1) is 12.9. The molecule has 0 radical (unpaired) electrons. The van der Waals surface area contributed by atoms with Gasteiger partial charge in [0.05, 0.1) is 20.3 Å². The monoisotopic (exact) mass is 454 g/mol. The van der Waals surface area contributed by atoms with E-state index in [9.17, 15) is 8.42 Å². The van der Waals surface area contributed by atoms with Crippen LogP contribution < -0.4 is 9.47 Å². The molecule has 0 aromatic heterocycles. The minimum atomic E-state index is -3.75. The molecule has 1 aliphatic heterocycles. The standard InChI is InChI=1S/C19H23BrN2O4S/c1-21-9-10-22(16(13-21)14-7-5-4-6-8-14)27(23,24)19-12-18(26-3)17(25-2)11-15(19)20/h4-8,11-12,16H,9-10,13H2,1-3H3. The van der Waals surface area contributed by atoms with Crippen molar-refractivity contribution in [2.24, 2.45) is 0 Å². The van der Waals surface area contributed by atoms with Crippen LogP contribution >= 0.6 is 15.9 Å². The summed E-state index contributed by atoms with van der Waals surface area (Å²) in [6.07, 6.45) is 0. The molecule has 27 heavy (non-hydrogen) atoms. The lowest BCUT2D eigenvalue weighted by Gasteiger charge is -2.39. The van der Waals surface area contributed by atoms with Gasteiger partial charge in [0.2, 0.25) is 10.0 Å². The Morgan fingerprint density at radius 3 is 2.30 bits per heavy atom. The van der Waals surface area contributed by atoms with E-state index in [0.717, 1.165) is 5.56 Å². The zero-order valence-electron chi connectivity index (χ0n) is 15.6. The van der Waals surface area contributed by atoms with Crippen molar-refractivity contribution in [2.75, 3.05) is 40.9 Å². The van der Waals surface area contributed by atoms with Gasteiger partial charge >= 0.3 is 0 Å². The van der Waals surface area contributed by atoms with Gasteiger partial charge in [-0.1, -0.05) is 30.3 Å². The van der Waals surface area contributed by atoms with Crippen molar-refractivity contribution in [1.82, 2.24) is 9.21 Å². The Bertz CT molecular complexity index is 905. The van der Waals surface area contributed by atoms with E-state index in [1.165, 1.54) is 20.3 Å². The highest BCUT2D eigenvalue weighted by atomic mass is 79.9. The second-order valence-corrected chi connectivity index (χ2v) is 9.16. The summed E-state index contributed by atoms with van der Waals surface area (Å²) in [7, 11) is 1.27. The van der Waals surface area contributed by atoms with Crippen molar-refractivity contribution >= 4 is 26.0 Å². The molecule has 0 N–H and O–H groups in total. The second kappa shape index (κ2) is 8.18. The normalized spacial score (nSPS) is 19.0. The number of ether oxygens (including phenoxy) is 2. The van der Waals surface area contributed by atoms with Gasteiger partial charge in [0.25, 0.3) is 0 Å². The van der Waals surface area contributed by atoms with Crippen molar-refractivity contribution in [1.29, 1.82) is 0 Å². The first kappa shape index (κ1) is 20.1. The Balaban J connectivity index is 2.07. The summed E-state index contributed by atoms with van der Waals surface area (Å²) in [6.45, 7) is 1.72. The van der Waals surface area contributed by atoms with Crippen LogP contribution in [-0.4, -0.2) is 58.5 Å². The van der Waals surface area contributed by atoms with E-state index in [-0.39, 0.29) is 10.9 Å². The lowest BCUT2D eigenvalue weighted by atomic mass is 10.1. The SMILES string of the molecule is COc1cc(Br)c(S(=O)(=O)N2CCN(C)CC2c2ccccc2)cc1OC. The first-order valence-electron chi connectivity index (χ1n) is 8.55. The minimum Gasteiger partial charge on any atom is -0.493 e. The summed E-state index contributed by atoms with van der Waals surface area (Å²) >= 11 is 3.39. The highest BCUT2D eigenvalue weighted by molar-refractivity contribution is 9.10. The zero-order valence-corrected chi connectivity index (χ0v) is 18.0. The quantitative estimate of drug-likeness (QED) is 0.694. The molecule has 0 saturated carbocycles. The van der Waals surface area contributed by atoms with Crippen molar-refractivity contribution < 1.29 is 17.9 Å². The maximum Gasteiger partial charge on any atom is 0.244 e. The van der Waals surface area contributed by atoms with Crippen LogP contribution in [0, 0.1) is 0 Å². The molecule has 1 atom stereocenters. The maximum absolute atomic E-state index is 13.5. The fraction of sp³-hybridized carbons (Fsp3) is 0.368. The summed E-state index contributed by atoms with van der Waals surface area (Å²) in [4.78, 5) is 2.32. The zero-order chi connectivity index (χ0) is 19.6. The Morgan fingerprint density at radius 1 is 1.04 bits per heavy atom. The van der Waals surface area contributed by atoms with Gasteiger partial charge in [-0.25, -0.2) is 8.42 Å². The van der Waals surface area contributed by atoms with Gasteiger partial charge in [-0.15, -0.1) is 0 Å². The van der Waals surface area contributed by atoms with E-state index >= 15 is 0 Å². The average Bonchev–Trinajstić information content (AvgIpc) is 2.67. The summed E-state index contributed by atoms with van der Waals surface area (Å²) < 4.78 is 39.7. The van der Waals surface area contributed by atoms with Gasteiger partial charge in [0, 0.05) is 30.2 Å². The van der Waals surface area contributed by atoms with Gasteiger partial charge in [-0.2, -0.15) is 4.31 Å². The Morgan fingerprint density at radius 2 is 1.67 bits per heavy atom. The third-order valence-corrected chi connectivity index (χ3v) is 7.61. The maximum atomic E-state index is 13.5. The third-order valence-electron chi connectivity index (χ3n) is 4.74. The molecule has 2 aromatic carbocycles. The molecule has 1 fully saturated rings. The van der Waals surface area contributed by atoms with Crippen LogP contribution in [0.1, 0.15) is 11.6 Å². The van der Waals surface area contributed by atoms with E-state index in [1.807, 2.05) is 37.4 Å². The molecule has 146 valence electrons. The molecule has 8 heteroatoms. The Kier molecular flexibility index (Phi) is 6.10. The summed E-state index contributed by atoms with van der Waals surface area (Å²) in [5.41, 5.74) is 0.976. The second-order valence-electron chi connectivity index (χ2n) is 6.44. The van der Waals surface area contributed by atoms with Crippen molar-refractivity contribution in [3.63, 3.8) is 0 Å². The molecular weight excluding hydrogens is 432 g/mol. The van der Waals surface area contributed by atoms with Gasteiger partial charge in [0.1, 0.15) is 4.90 Å². The number of halogens is 1. The molecule has 0 spiro atoms. The van der Waals surface area contributed by atoms with E-state index in [2.05, 4.69) is 20.8 Å². The number of benzene rings is 2. The number of hydrogen-bond acceptors (Lipinski definition) is 5. The molecular formula is C19H23BrN2O4S. The van der Waals surface area contributed by atoms with Crippen LogP contribution in [-0.2, 0) is 10.0 Å². The van der Waals surface area contributed by atoms with Crippen LogP contribution in [0.3, 0.4) is 0 Å². The van der Waals surface area contributed by atoms with Crippen LogP contribution in [0.2, 0.25) is 0 Å². The van der Waals surface area contributed by atoms with Crippen LogP contribution in [0.15, 0.2) is 51.8 Å². The molecule has 1 heterocycles. The van der Waals surface area contributed by atoms with Gasteiger partial charge in [0.15, 0.2) is 11.5 Å². The lowest BCUT2D eigenvalue weighted by Crippen LogP contribution is -2.49. The van der Waals surface area contributed by atoms with Crippen molar-refractivity contribution in [2.45, 2.75) is 10.9 Å². The van der Waals surface area contributed by atoms with E-state index in [4.69, 9.17) is 9.47 Å². The smallest absolute Gasteiger partial charge is 0.244 e. The van der Waals surface area contributed by atoms with E-state index in [0.29, 0.717) is 35.6 Å². The minimum absolute atomic E-state index is 0.172. The number of rotatable bonds is 5. The van der Waals surface area contributed by atoms with Crippen molar-refractivity contribution in [3.05, 3.63) is 52.5 Å². The predicted molar refractivity (Wildman–Crippen MR) is 108 cm³/mol. The highest BCUT2D eigenvalue weighted by Crippen LogP contribution is 2.39. The van der Waals surface area contributed by atoms with Crippen LogP contribution in [0.5, 0.6) is 11.5 Å². The fourth-order valence-corrected chi connectivity index (χ4v) is 5.89. The van der Waals surface area contributed by atoms with Crippen molar-refractivity contribution in [3.8, 4) is 11.5 Å². The average molecular weight is 455 g/mol. The highest BCUT2D eigenvalue weighted by Gasteiger charge is 2.37. The van der Waals surface area contributed by atoms with E-state index in [1.54, 1.807) is 10.4 Å². The molecule has 1 aliphatic rings. The molecule has 2 aromatic rings. The largest absolute Gasteiger partial charge is 0.493 e. The number of methoxy groups -OCH3 is 2. The molecule has 3 rings (SSSR count). The van der Waals surface area contributed by atoms with E-state index < -0.39 is 10.0 Å². The summed E-state index contributed by atoms with van der Waals surface area (Å²) in [5.74, 6) is 0.853. The number of sulfonamides is 1. The first-order valence-corrected chi connectivity index (χ1v) is 10.8. The number of hydrogen-bond donors (Lipinski definition) is 0. The Hall–Kier alpha value is -1.61. The topological polar surface area (TPSA) is 59.1 Å². The van der Waals surface area contributed by atoms with Gasteiger partial charge in [-0.05, 0) is 34.6 Å². The molecule has 0 aliphatic carbocycles. The van der Waals surface area contributed by atoms with Gasteiger partial charge < -0.3 is 14.4 Å². The predicted octanol–water partition coefficient (Wildman–Crippen LogP) is 3.14. The Labute approximate surface area is 168 Å². The molecule has 0 amide bonds. The summed E-state index contributed by atoms with van der Waals surface area (Å²) in [6, 6.07) is 12.6. The molecule has 6 nitrogen and oxygen atoms in total. The third kappa shape index (κ3) is 3.99. The number of piperazine rings is 1. The fourth-order valence-electron chi connectivity index (χ4n) is 3.30.